The molecule has 0 amide bonds. The first kappa shape index (κ1) is 21.0. The van der Waals surface area contributed by atoms with Crippen molar-refractivity contribution >= 4 is 5.69 Å². The summed E-state index contributed by atoms with van der Waals surface area (Å²) in [6.07, 6.45) is 10.5. The average molecular weight is 377 g/mol. The molecule has 5 heteroatoms. The van der Waals surface area contributed by atoms with Gasteiger partial charge in [0.2, 0.25) is 5.88 Å². The zero-order valence-corrected chi connectivity index (χ0v) is 17.2. The molecule has 0 unspecified atom stereocenters. The topological polar surface area (TPSA) is 67.2 Å². The number of fused-ring (bicyclic) bond motifs is 1. The zero-order chi connectivity index (χ0) is 20.7. The maximum absolute atomic E-state index is 9.30. The highest BCUT2D eigenvalue weighted by atomic mass is 16.5. The van der Waals surface area contributed by atoms with Gasteiger partial charge in [0.25, 0.3) is 0 Å². The number of nitrogens with one attached hydrogen (secondary N) is 1. The molecule has 2 heterocycles. The van der Waals surface area contributed by atoms with Crippen molar-refractivity contribution in [2.75, 3.05) is 19.0 Å². The third-order valence-corrected chi connectivity index (χ3v) is 4.61. The van der Waals surface area contributed by atoms with Gasteiger partial charge in [0.1, 0.15) is 0 Å². The smallest absolute Gasteiger partial charge is 0.219 e. The summed E-state index contributed by atoms with van der Waals surface area (Å²) in [5.41, 5.74) is 6.73. The van der Waals surface area contributed by atoms with Gasteiger partial charge in [0, 0.05) is 23.4 Å². The van der Waals surface area contributed by atoms with Gasteiger partial charge in [-0.1, -0.05) is 24.3 Å². The Balaban J connectivity index is 2.65. The van der Waals surface area contributed by atoms with E-state index in [2.05, 4.69) is 22.9 Å². The van der Waals surface area contributed by atoms with Gasteiger partial charge in [-0.05, 0) is 51.0 Å². The normalized spacial score (nSPS) is 17.1. The lowest BCUT2D eigenvalue weighted by atomic mass is 9.80. The van der Waals surface area contributed by atoms with Crippen molar-refractivity contribution in [2.24, 2.45) is 0 Å². The molecule has 5 nitrogen and oxygen atoms in total. The lowest BCUT2D eigenvalue weighted by Gasteiger charge is -2.32. The van der Waals surface area contributed by atoms with Gasteiger partial charge >= 0.3 is 0 Å². The van der Waals surface area contributed by atoms with E-state index in [0.29, 0.717) is 18.1 Å². The first-order valence-electron chi connectivity index (χ1n) is 9.18. The lowest BCUT2D eigenvalue weighted by molar-refractivity contribution is 0.322. The number of nitrogens with zero attached hydrogens (tertiary/aromatic N) is 2. The summed E-state index contributed by atoms with van der Waals surface area (Å²) in [6.45, 7) is 12.6. The Labute approximate surface area is 167 Å². The Kier molecular flexibility index (Phi) is 7.22. The molecule has 146 valence electrons. The lowest BCUT2D eigenvalue weighted by Crippen LogP contribution is -2.19. The highest BCUT2D eigenvalue weighted by molar-refractivity contribution is 5.72. The molecule has 2 rings (SSSR count). The molecular weight excluding hydrogens is 350 g/mol. The van der Waals surface area contributed by atoms with Crippen LogP contribution in [-0.4, -0.2) is 18.7 Å². The van der Waals surface area contributed by atoms with Gasteiger partial charge in [0.15, 0.2) is 0 Å². The number of anilines is 1. The van der Waals surface area contributed by atoms with Crippen molar-refractivity contribution in [1.29, 1.82) is 5.26 Å². The molecule has 0 bridgehead atoms. The minimum atomic E-state index is -0.0645. The highest BCUT2D eigenvalue weighted by Gasteiger charge is 2.31. The Bertz CT molecular complexity index is 915. The Morgan fingerprint density at radius 2 is 2.14 bits per heavy atom. The fraction of sp³-hybridized carbons (Fsp3) is 0.304. The van der Waals surface area contributed by atoms with Crippen LogP contribution >= 0.6 is 0 Å². The molecule has 1 aliphatic heterocycles. The molecule has 1 aliphatic rings. The molecule has 0 radical (unpaired) electrons. The Hall–Kier alpha value is -3.26. The summed E-state index contributed by atoms with van der Waals surface area (Å²) in [5.74, 6) is 0.550. The molecule has 0 spiro atoms. The van der Waals surface area contributed by atoms with Crippen LogP contribution in [0.2, 0.25) is 0 Å². The minimum absolute atomic E-state index is 0.0645. The number of allylic oxidation sites excluding steroid dienone is 8. The number of pyridine rings is 1. The first-order valence-corrected chi connectivity index (χ1v) is 9.18. The molecule has 28 heavy (non-hydrogen) atoms. The van der Waals surface area contributed by atoms with Crippen LogP contribution in [0.1, 0.15) is 37.8 Å². The summed E-state index contributed by atoms with van der Waals surface area (Å²) in [4.78, 5) is 4.52. The number of ether oxygens (including phenoxy) is 2. The van der Waals surface area contributed by atoms with E-state index in [1.54, 1.807) is 19.3 Å². The van der Waals surface area contributed by atoms with Gasteiger partial charge in [-0.2, -0.15) is 5.26 Å². The fourth-order valence-corrected chi connectivity index (χ4v) is 3.26. The van der Waals surface area contributed by atoms with Crippen LogP contribution in [0.4, 0.5) is 5.69 Å². The molecule has 1 aromatic heterocycles. The number of hydrogen-bond acceptors (Lipinski definition) is 5. The van der Waals surface area contributed by atoms with Crippen LogP contribution in [0.15, 0.2) is 65.8 Å². The standard InChI is InChI=1S/C23H27N3O2/c1-7-19-17(5)26-22-16(4)14-25-23(28-8-2)21(22)20(19)15(3)9-10-18(13-24)11-12-27-6/h7,9-12,14,20,26H,1,8H2,2-6H3/b12-11+,15-9+,18-10+/t20-/m1/s1. The van der Waals surface area contributed by atoms with Crippen LogP contribution in [0, 0.1) is 18.3 Å². The summed E-state index contributed by atoms with van der Waals surface area (Å²) < 4.78 is 10.7. The number of aryl methyl sites for hydroxylation is 1. The predicted molar refractivity (Wildman–Crippen MR) is 113 cm³/mol. The number of aromatic nitrogens is 1. The first-order chi connectivity index (χ1) is 13.5. The number of rotatable bonds is 7. The van der Waals surface area contributed by atoms with E-state index in [9.17, 15) is 5.26 Å². The summed E-state index contributed by atoms with van der Waals surface area (Å²) in [5, 5.41) is 12.8. The third-order valence-electron chi connectivity index (χ3n) is 4.61. The second kappa shape index (κ2) is 9.61. The van der Waals surface area contributed by atoms with Crippen molar-refractivity contribution in [3.63, 3.8) is 0 Å². The highest BCUT2D eigenvalue weighted by Crippen LogP contribution is 2.46. The van der Waals surface area contributed by atoms with E-state index in [1.165, 1.54) is 6.26 Å². The van der Waals surface area contributed by atoms with Crippen LogP contribution in [0.5, 0.6) is 5.88 Å². The van der Waals surface area contributed by atoms with Crippen LogP contribution in [-0.2, 0) is 4.74 Å². The number of hydrogen-bond donors (Lipinski definition) is 1. The molecule has 0 saturated carbocycles. The van der Waals surface area contributed by atoms with Gasteiger partial charge in [0.05, 0.1) is 37.3 Å². The predicted octanol–water partition coefficient (Wildman–Crippen LogP) is 5.31. The number of nitriles is 1. The molecular formula is C23H27N3O2. The average Bonchev–Trinajstić information content (AvgIpc) is 2.69. The van der Waals surface area contributed by atoms with Crippen LogP contribution in [0.3, 0.4) is 0 Å². The van der Waals surface area contributed by atoms with Crippen molar-refractivity contribution in [1.82, 2.24) is 4.98 Å². The SMILES string of the molecule is C=CC1=C(C)Nc2c(C)cnc(OCC)c2[C@@H]1/C(C)=C/C=C(C#N)\C=C\OC. The molecule has 1 atom stereocenters. The van der Waals surface area contributed by atoms with Gasteiger partial charge in [-0.15, -0.1) is 0 Å². The zero-order valence-electron chi connectivity index (χ0n) is 17.2. The van der Waals surface area contributed by atoms with E-state index in [4.69, 9.17) is 9.47 Å². The van der Waals surface area contributed by atoms with E-state index >= 15 is 0 Å². The molecule has 0 saturated heterocycles. The van der Waals surface area contributed by atoms with E-state index in [0.717, 1.165) is 33.7 Å². The second-order valence-electron chi connectivity index (χ2n) is 6.49. The Morgan fingerprint density at radius 1 is 1.39 bits per heavy atom. The fourth-order valence-electron chi connectivity index (χ4n) is 3.26. The molecule has 1 aromatic rings. The maximum atomic E-state index is 9.30. The van der Waals surface area contributed by atoms with E-state index < -0.39 is 0 Å². The molecule has 0 aromatic carbocycles. The van der Waals surface area contributed by atoms with Gasteiger partial charge in [-0.25, -0.2) is 4.98 Å². The number of methoxy groups -OCH3 is 1. The molecule has 0 aliphatic carbocycles. The van der Waals surface area contributed by atoms with Crippen molar-refractivity contribution in [3.05, 3.63) is 76.9 Å². The third kappa shape index (κ3) is 4.34. The van der Waals surface area contributed by atoms with Crippen molar-refractivity contribution < 1.29 is 9.47 Å². The van der Waals surface area contributed by atoms with Crippen molar-refractivity contribution in [3.8, 4) is 11.9 Å². The molecule has 0 fully saturated rings. The second-order valence-corrected chi connectivity index (χ2v) is 6.49. The maximum Gasteiger partial charge on any atom is 0.219 e. The summed E-state index contributed by atoms with van der Waals surface area (Å²) >= 11 is 0. The minimum Gasteiger partial charge on any atom is -0.504 e. The van der Waals surface area contributed by atoms with Crippen LogP contribution in [0.25, 0.3) is 0 Å². The van der Waals surface area contributed by atoms with Crippen molar-refractivity contribution in [2.45, 2.75) is 33.6 Å². The van der Waals surface area contributed by atoms with E-state index in [1.807, 2.05) is 46.0 Å². The van der Waals surface area contributed by atoms with Gasteiger partial charge < -0.3 is 14.8 Å². The largest absolute Gasteiger partial charge is 0.504 e. The quantitative estimate of drug-likeness (QED) is 0.396. The summed E-state index contributed by atoms with van der Waals surface area (Å²) in [7, 11) is 1.55. The molecule has 1 N–H and O–H groups in total. The monoisotopic (exact) mass is 377 g/mol. The van der Waals surface area contributed by atoms with Gasteiger partial charge in [-0.3, -0.25) is 0 Å². The van der Waals surface area contributed by atoms with Crippen LogP contribution < -0.4 is 10.1 Å². The van der Waals surface area contributed by atoms with E-state index in [-0.39, 0.29) is 5.92 Å². The summed E-state index contributed by atoms with van der Waals surface area (Å²) in [6, 6.07) is 2.16. The Morgan fingerprint density at radius 3 is 2.75 bits per heavy atom.